The number of amides is 1. The highest BCUT2D eigenvalue weighted by atomic mass is 16.5. The fraction of sp³-hybridized carbons (Fsp3) is 0.286. The third-order valence-corrected chi connectivity index (χ3v) is 5.50. The van der Waals surface area contributed by atoms with Crippen molar-refractivity contribution < 1.29 is 9.53 Å². The van der Waals surface area contributed by atoms with Gasteiger partial charge in [0.15, 0.2) is 5.65 Å². The molecule has 0 bridgehead atoms. The number of carbonyl (C=O) groups is 1. The number of pyridine rings is 1. The van der Waals surface area contributed by atoms with Gasteiger partial charge < -0.3 is 19.2 Å². The topological polar surface area (TPSA) is 76.0 Å². The summed E-state index contributed by atoms with van der Waals surface area (Å²) in [5.41, 5.74) is 3.32. The van der Waals surface area contributed by atoms with Crippen LogP contribution < -0.4 is 4.74 Å². The molecule has 4 heterocycles. The number of hydrogen-bond acceptors (Lipinski definition) is 4. The fourth-order valence-corrected chi connectivity index (χ4v) is 4.14. The Morgan fingerprint density at radius 1 is 1.29 bits per heavy atom. The molecular formula is C21H21N5O2. The van der Waals surface area contributed by atoms with Gasteiger partial charge in [0.05, 0.1) is 13.2 Å². The quantitative estimate of drug-likeness (QED) is 0.596. The number of rotatable bonds is 3. The monoisotopic (exact) mass is 375 g/mol. The van der Waals surface area contributed by atoms with Gasteiger partial charge in [-0.3, -0.25) is 4.79 Å². The Morgan fingerprint density at radius 2 is 2.18 bits per heavy atom. The largest absolute Gasteiger partial charge is 0.497 e. The summed E-state index contributed by atoms with van der Waals surface area (Å²) in [7, 11) is 1.64. The van der Waals surface area contributed by atoms with Gasteiger partial charge in [-0.2, -0.15) is 0 Å². The Labute approximate surface area is 162 Å². The number of nitrogens with one attached hydrogen (secondary N) is 1. The minimum atomic E-state index is 0.0210. The van der Waals surface area contributed by atoms with Crippen molar-refractivity contribution in [2.24, 2.45) is 0 Å². The number of likely N-dealkylation sites (tertiary alicyclic amines) is 1. The van der Waals surface area contributed by atoms with Crippen LogP contribution in [-0.4, -0.2) is 50.5 Å². The van der Waals surface area contributed by atoms with Crippen molar-refractivity contribution in [1.29, 1.82) is 0 Å². The molecule has 1 aromatic carbocycles. The van der Waals surface area contributed by atoms with E-state index in [0.29, 0.717) is 18.8 Å². The zero-order chi connectivity index (χ0) is 19.3. The van der Waals surface area contributed by atoms with E-state index in [-0.39, 0.29) is 11.9 Å². The third kappa shape index (κ3) is 2.62. The van der Waals surface area contributed by atoms with Crippen LogP contribution in [0.15, 0.2) is 42.6 Å². The third-order valence-electron chi connectivity index (χ3n) is 5.50. The first-order chi connectivity index (χ1) is 13.6. The van der Waals surface area contributed by atoms with E-state index in [0.717, 1.165) is 40.1 Å². The van der Waals surface area contributed by atoms with Crippen molar-refractivity contribution in [2.45, 2.75) is 19.4 Å². The molecule has 5 rings (SSSR count). The van der Waals surface area contributed by atoms with Crippen LogP contribution in [0.1, 0.15) is 28.8 Å². The zero-order valence-corrected chi connectivity index (χ0v) is 15.8. The smallest absolute Gasteiger partial charge is 0.270 e. The summed E-state index contributed by atoms with van der Waals surface area (Å²) in [6.07, 6.45) is 2.68. The number of carbonyl (C=O) groups excluding carboxylic acids is 1. The number of H-pyrrole nitrogens is 1. The van der Waals surface area contributed by atoms with Gasteiger partial charge in [0.2, 0.25) is 0 Å². The number of nitrogens with zero attached hydrogens (tertiary/aromatic N) is 4. The number of benzene rings is 1. The molecule has 7 nitrogen and oxygen atoms in total. The molecule has 7 heteroatoms. The Hall–Kier alpha value is -3.35. The molecule has 1 aliphatic rings. The van der Waals surface area contributed by atoms with Crippen molar-refractivity contribution in [3.8, 4) is 5.75 Å². The zero-order valence-electron chi connectivity index (χ0n) is 15.8. The van der Waals surface area contributed by atoms with E-state index in [1.807, 2.05) is 48.2 Å². The molecule has 3 aromatic heterocycles. The van der Waals surface area contributed by atoms with Gasteiger partial charge in [0, 0.05) is 30.2 Å². The minimum absolute atomic E-state index is 0.0210. The molecule has 1 atom stereocenters. The van der Waals surface area contributed by atoms with E-state index in [1.54, 1.807) is 13.3 Å². The number of hydrogen-bond donors (Lipinski definition) is 1. The molecule has 1 aliphatic heterocycles. The number of imidazole rings is 1. The Kier molecular flexibility index (Phi) is 3.82. The molecular weight excluding hydrogens is 354 g/mol. The fourth-order valence-electron chi connectivity index (χ4n) is 4.14. The Balaban J connectivity index is 1.41. The lowest BCUT2D eigenvalue weighted by molar-refractivity contribution is 0.0783. The van der Waals surface area contributed by atoms with Crippen LogP contribution in [0.2, 0.25) is 0 Å². The lowest BCUT2D eigenvalue weighted by Gasteiger charge is -2.17. The molecule has 4 aromatic rings. The van der Waals surface area contributed by atoms with E-state index in [4.69, 9.17) is 4.74 Å². The molecule has 142 valence electrons. The maximum Gasteiger partial charge on any atom is 0.270 e. The number of aryl methyl sites for hydroxylation is 1. The molecule has 1 N–H and O–H groups in total. The molecule has 0 unspecified atom stereocenters. The first-order valence-corrected chi connectivity index (χ1v) is 9.39. The van der Waals surface area contributed by atoms with Gasteiger partial charge in [0.25, 0.3) is 5.91 Å². The number of methoxy groups -OCH3 is 1. The average Bonchev–Trinajstić information content (AvgIpc) is 3.42. The van der Waals surface area contributed by atoms with Gasteiger partial charge in [-0.15, -0.1) is 0 Å². The standard InChI is InChI=1S/C21H21N5O2/c1-13-23-18-4-3-8-22-20(18)26(13)15-7-9-25(12-15)21(27)19-11-14-10-16(28-2)5-6-17(14)24-19/h3-6,8,10-11,15,24H,7,9,12H2,1-2H3/t15-/m1/s1. The van der Waals surface area contributed by atoms with Crippen molar-refractivity contribution in [1.82, 2.24) is 24.4 Å². The second kappa shape index (κ2) is 6.37. The summed E-state index contributed by atoms with van der Waals surface area (Å²) >= 11 is 0. The summed E-state index contributed by atoms with van der Waals surface area (Å²) in [6, 6.07) is 11.7. The van der Waals surface area contributed by atoms with Crippen molar-refractivity contribution in [3.05, 3.63) is 54.1 Å². The van der Waals surface area contributed by atoms with Gasteiger partial charge in [0.1, 0.15) is 22.8 Å². The Morgan fingerprint density at radius 3 is 3.04 bits per heavy atom. The highest BCUT2D eigenvalue weighted by Gasteiger charge is 2.30. The molecule has 0 spiro atoms. The minimum Gasteiger partial charge on any atom is -0.497 e. The van der Waals surface area contributed by atoms with Crippen molar-refractivity contribution in [3.63, 3.8) is 0 Å². The van der Waals surface area contributed by atoms with Crippen LogP contribution in [0, 0.1) is 6.92 Å². The first-order valence-electron chi connectivity index (χ1n) is 9.39. The van der Waals surface area contributed by atoms with Gasteiger partial charge in [-0.25, -0.2) is 9.97 Å². The lowest BCUT2D eigenvalue weighted by Crippen LogP contribution is -2.29. The van der Waals surface area contributed by atoms with Gasteiger partial charge in [-0.05, 0) is 49.7 Å². The molecule has 1 saturated heterocycles. The summed E-state index contributed by atoms with van der Waals surface area (Å²) in [5.74, 6) is 1.74. The molecule has 0 saturated carbocycles. The summed E-state index contributed by atoms with van der Waals surface area (Å²) < 4.78 is 7.44. The second-order valence-corrected chi connectivity index (χ2v) is 7.21. The van der Waals surface area contributed by atoms with E-state index >= 15 is 0 Å². The van der Waals surface area contributed by atoms with Crippen LogP contribution in [0.5, 0.6) is 5.75 Å². The highest BCUT2D eigenvalue weighted by molar-refractivity contribution is 5.98. The molecule has 1 fully saturated rings. The van der Waals surface area contributed by atoms with E-state index in [1.165, 1.54) is 0 Å². The maximum atomic E-state index is 13.1. The van der Waals surface area contributed by atoms with Crippen LogP contribution in [0.25, 0.3) is 22.1 Å². The predicted octanol–water partition coefficient (Wildman–Crippen LogP) is 3.32. The molecule has 1 amide bonds. The predicted molar refractivity (Wildman–Crippen MR) is 107 cm³/mol. The molecule has 0 radical (unpaired) electrons. The van der Waals surface area contributed by atoms with Crippen LogP contribution in [0.3, 0.4) is 0 Å². The summed E-state index contributed by atoms with van der Waals surface area (Å²) in [6.45, 7) is 3.37. The molecule has 0 aliphatic carbocycles. The summed E-state index contributed by atoms with van der Waals surface area (Å²) in [5, 5.41) is 0.971. The van der Waals surface area contributed by atoms with E-state index in [9.17, 15) is 4.79 Å². The molecule has 28 heavy (non-hydrogen) atoms. The SMILES string of the molecule is COc1ccc2[nH]c(C(=O)N3CC[C@@H](n4c(C)nc5cccnc54)C3)cc2c1. The number of fused-ring (bicyclic) bond motifs is 2. The van der Waals surface area contributed by atoms with Crippen LogP contribution in [0.4, 0.5) is 0 Å². The maximum absolute atomic E-state index is 13.1. The lowest BCUT2D eigenvalue weighted by atomic mass is 10.2. The highest BCUT2D eigenvalue weighted by Crippen LogP contribution is 2.29. The number of aromatic amines is 1. The van der Waals surface area contributed by atoms with Crippen molar-refractivity contribution >= 4 is 28.0 Å². The first kappa shape index (κ1) is 16.8. The van der Waals surface area contributed by atoms with Gasteiger partial charge in [-0.1, -0.05) is 0 Å². The summed E-state index contributed by atoms with van der Waals surface area (Å²) in [4.78, 5) is 27.3. The van der Waals surface area contributed by atoms with Crippen LogP contribution in [-0.2, 0) is 0 Å². The van der Waals surface area contributed by atoms with Gasteiger partial charge >= 0.3 is 0 Å². The number of aromatic nitrogens is 4. The van der Waals surface area contributed by atoms with Crippen molar-refractivity contribution in [2.75, 3.05) is 20.2 Å². The van der Waals surface area contributed by atoms with Crippen LogP contribution >= 0.6 is 0 Å². The normalized spacial score (nSPS) is 16.9. The number of ether oxygens (including phenoxy) is 1. The second-order valence-electron chi connectivity index (χ2n) is 7.21. The van der Waals surface area contributed by atoms with E-state index in [2.05, 4.69) is 19.5 Å². The van der Waals surface area contributed by atoms with E-state index < -0.39 is 0 Å². The average molecular weight is 375 g/mol. The Bertz CT molecular complexity index is 1190.